The molecule has 1 aromatic carbocycles. The van der Waals surface area contributed by atoms with E-state index in [-0.39, 0.29) is 11.7 Å². The Bertz CT molecular complexity index is 549. The number of carbonyl (C=O) groups excluding carboxylic acids is 1. The lowest BCUT2D eigenvalue weighted by atomic mass is 9.93. The van der Waals surface area contributed by atoms with Crippen molar-refractivity contribution in [2.75, 3.05) is 26.7 Å². The second-order valence-corrected chi connectivity index (χ2v) is 6.14. The number of nitrogens with one attached hydrogen (secondary N) is 2. The van der Waals surface area contributed by atoms with Crippen molar-refractivity contribution in [1.82, 2.24) is 15.5 Å². The van der Waals surface area contributed by atoms with E-state index in [9.17, 15) is 9.90 Å². The molecule has 3 N–H and O–H groups in total. The van der Waals surface area contributed by atoms with Crippen molar-refractivity contribution in [3.05, 3.63) is 29.8 Å². The molecule has 6 nitrogen and oxygen atoms in total. The van der Waals surface area contributed by atoms with Gasteiger partial charge in [-0.25, -0.2) is 4.99 Å². The van der Waals surface area contributed by atoms with Crippen molar-refractivity contribution in [3.63, 3.8) is 0 Å². The summed E-state index contributed by atoms with van der Waals surface area (Å²) in [7, 11) is 1.69. The van der Waals surface area contributed by atoms with Gasteiger partial charge in [0, 0.05) is 33.1 Å². The van der Waals surface area contributed by atoms with E-state index in [1.807, 2.05) is 12.1 Å². The molecule has 0 saturated carbocycles. The number of aromatic hydroxyl groups is 1. The number of carbonyl (C=O) groups is 1. The number of phenolic OH excluding ortho intramolecular Hbond substituents is 1. The molecule has 1 fully saturated rings. The minimum atomic E-state index is 0.126. The molecule has 0 spiro atoms. The molecule has 2 rings (SSSR count). The first-order valence-corrected chi connectivity index (χ1v) is 8.64. The van der Waals surface area contributed by atoms with Gasteiger partial charge >= 0.3 is 0 Å². The third-order valence-electron chi connectivity index (χ3n) is 4.35. The summed E-state index contributed by atoms with van der Waals surface area (Å²) in [6.07, 6.45) is 2.64. The van der Waals surface area contributed by atoms with Gasteiger partial charge in [-0.15, -0.1) is 0 Å². The van der Waals surface area contributed by atoms with Crippen LogP contribution in [0, 0.1) is 5.92 Å². The number of aliphatic imine (C=N–C) groups is 1. The van der Waals surface area contributed by atoms with Crippen LogP contribution < -0.4 is 10.6 Å². The summed E-state index contributed by atoms with van der Waals surface area (Å²) >= 11 is 0. The number of rotatable bonds is 5. The van der Waals surface area contributed by atoms with Crippen molar-refractivity contribution in [1.29, 1.82) is 0 Å². The molecule has 0 radical (unpaired) electrons. The summed E-state index contributed by atoms with van der Waals surface area (Å²) in [4.78, 5) is 18.5. The van der Waals surface area contributed by atoms with Crippen molar-refractivity contribution in [2.45, 2.75) is 32.7 Å². The Balaban J connectivity index is 1.92. The van der Waals surface area contributed by atoms with Crippen molar-refractivity contribution < 1.29 is 9.90 Å². The van der Waals surface area contributed by atoms with Crippen LogP contribution in [0.15, 0.2) is 29.3 Å². The van der Waals surface area contributed by atoms with Crippen LogP contribution in [0.2, 0.25) is 0 Å². The van der Waals surface area contributed by atoms with E-state index < -0.39 is 0 Å². The number of guanidine groups is 1. The summed E-state index contributed by atoms with van der Waals surface area (Å²) in [6, 6.07) is 7.14. The van der Waals surface area contributed by atoms with E-state index in [0.717, 1.165) is 44.0 Å². The number of amides is 1. The average molecular weight is 332 g/mol. The van der Waals surface area contributed by atoms with Gasteiger partial charge < -0.3 is 20.6 Å². The zero-order valence-corrected chi connectivity index (χ0v) is 14.6. The van der Waals surface area contributed by atoms with E-state index in [4.69, 9.17) is 4.99 Å². The predicted octanol–water partition coefficient (Wildman–Crippen LogP) is 1.71. The first-order valence-electron chi connectivity index (χ1n) is 8.64. The fourth-order valence-electron chi connectivity index (χ4n) is 2.91. The topological polar surface area (TPSA) is 77.0 Å². The molecular weight excluding hydrogens is 304 g/mol. The molecule has 1 amide bonds. The summed E-state index contributed by atoms with van der Waals surface area (Å²) in [6.45, 7) is 5.31. The summed E-state index contributed by atoms with van der Waals surface area (Å²) in [5.74, 6) is 1.78. The number of hydrogen-bond acceptors (Lipinski definition) is 3. The molecule has 1 aliphatic heterocycles. The molecule has 1 heterocycles. The van der Waals surface area contributed by atoms with Crippen molar-refractivity contribution in [2.24, 2.45) is 10.9 Å². The second kappa shape index (κ2) is 9.15. The highest BCUT2D eigenvalue weighted by Crippen LogP contribution is 2.20. The van der Waals surface area contributed by atoms with Crippen molar-refractivity contribution in [3.8, 4) is 5.75 Å². The smallest absolute Gasteiger partial charge is 0.220 e. The fraction of sp³-hybridized carbons (Fsp3) is 0.556. The van der Waals surface area contributed by atoms with Gasteiger partial charge in [0.05, 0.1) is 6.54 Å². The minimum absolute atomic E-state index is 0.126. The summed E-state index contributed by atoms with van der Waals surface area (Å²) in [5.41, 5.74) is 1.07. The number of likely N-dealkylation sites (tertiary alicyclic amines) is 1. The molecule has 0 bridgehead atoms. The fourth-order valence-corrected chi connectivity index (χ4v) is 2.91. The summed E-state index contributed by atoms with van der Waals surface area (Å²) < 4.78 is 0. The van der Waals surface area contributed by atoms with Gasteiger partial charge in [-0.05, 0) is 43.4 Å². The van der Waals surface area contributed by atoms with E-state index in [1.54, 1.807) is 19.2 Å². The highest BCUT2D eigenvalue weighted by atomic mass is 16.3. The van der Waals surface area contributed by atoms with Gasteiger partial charge in [0.2, 0.25) is 5.91 Å². The van der Waals surface area contributed by atoms with E-state index >= 15 is 0 Å². The SMILES string of the molecule is CCNC(=NCc1ccc(O)cc1)N1CCC(CC(=O)NC)CC1. The van der Waals surface area contributed by atoms with Gasteiger partial charge in [-0.2, -0.15) is 0 Å². The number of phenols is 1. The Morgan fingerprint density at radius 3 is 2.54 bits per heavy atom. The molecule has 24 heavy (non-hydrogen) atoms. The molecular formula is C18H28N4O2. The number of benzene rings is 1. The molecule has 132 valence electrons. The Labute approximate surface area is 144 Å². The van der Waals surface area contributed by atoms with Gasteiger partial charge in [-0.3, -0.25) is 4.79 Å². The standard InChI is InChI=1S/C18H28N4O2/c1-3-20-18(21-13-15-4-6-16(23)7-5-15)22-10-8-14(9-11-22)12-17(24)19-2/h4-7,14,23H,3,8-13H2,1-2H3,(H,19,24)(H,20,21). The third kappa shape index (κ3) is 5.44. The van der Waals surface area contributed by atoms with Gasteiger partial charge in [-0.1, -0.05) is 12.1 Å². The third-order valence-corrected chi connectivity index (χ3v) is 4.35. The Morgan fingerprint density at radius 1 is 1.29 bits per heavy atom. The van der Waals surface area contributed by atoms with E-state index in [2.05, 4.69) is 22.5 Å². The number of piperidine rings is 1. The predicted molar refractivity (Wildman–Crippen MR) is 95.9 cm³/mol. The highest BCUT2D eigenvalue weighted by molar-refractivity contribution is 5.80. The average Bonchev–Trinajstić information content (AvgIpc) is 2.60. The molecule has 1 saturated heterocycles. The number of nitrogens with zero attached hydrogens (tertiary/aromatic N) is 2. The zero-order chi connectivity index (χ0) is 17.4. The molecule has 1 aliphatic rings. The molecule has 0 unspecified atom stereocenters. The van der Waals surface area contributed by atoms with Crippen LogP contribution in [-0.2, 0) is 11.3 Å². The lowest BCUT2D eigenvalue weighted by Crippen LogP contribution is -2.46. The quantitative estimate of drug-likeness (QED) is 0.567. The highest BCUT2D eigenvalue weighted by Gasteiger charge is 2.22. The van der Waals surface area contributed by atoms with E-state index in [1.165, 1.54) is 0 Å². The first-order chi connectivity index (χ1) is 11.6. The maximum absolute atomic E-state index is 11.5. The van der Waals surface area contributed by atoms with Crippen LogP contribution in [-0.4, -0.2) is 48.6 Å². The van der Waals surface area contributed by atoms with Crippen LogP contribution in [0.25, 0.3) is 0 Å². The maximum atomic E-state index is 11.5. The molecule has 0 aliphatic carbocycles. The Kier molecular flexibility index (Phi) is 6.90. The van der Waals surface area contributed by atoms with Crippen LogP contribution in [0.4, 0.5) is 0 Å². The molecule has 1 aromatic rings. The molecule has 0 aromatic heterocycles. The second-order valence-electron chi connectivity index (χ2n) is 6.14. The molecule has 6 heteroatoms. The van der Waals surface area contributed by atoms with Crippen LogP contribution in [0.3, 0.4) is 0 Å². The zero-order valence-electron chi connectivity index (χ0n) is 14.6. The normalized spacial score (nSPS) is 16.1. The van der Waals surface area contributed by atoms with Crippen LogP contribution >= 0.6 is 0 Å². The molecule has 0 atom stereocenters. The van der Waals surface area contributed by atoms with Gasteiger partial charge in [0.25, 0.3) is 0 Å². The Hall–Kier alpha value is -2.24. The lowest BCUT2D eigenvalue weighted by Gasteiger charge is -2.34. The first kappa shape index (κ1) is 18.1. The maximum Gasteiger partial charge on any atom is 0.220 e. The monoisotopic (exact) mass is 332 g/mol. The van der Waals surface area contributed by atoms with Crippen LogP contribution in [0.1, 0.15) is 31.7 Å². The minimum Gasteiger partial charge on any atom is -0.508 e. The Morgan fingerprint density at radius 2 is 1.96 bits per heavy atom. The lowest BCUT2D eigenvalue weighted by molar-refractivity contribution is -0.121. The van der Waals surface area contributed by atoms with E-state index in [0.29, 0.717) is 18.9 Å². The van der Waals surface area contributed by atoms with Crippen LogP contribution in [0.5, 0.6) is 5.75 Å². The van der Waals surface area contributed by atoms with Gasteiger partial charge in [0.15, 0.2) is 5.96 Å². The largest absolute Gasteiger partial charge is 0.508 e. The summed E-state index contributed by atoms with van der Waals surface area (Å²) in [5, 5.41) is 15.4. The number of hydrogen-bond donors (Lipinski definition) is 3. The van der Waals surface area contributed by atoms with Crippen molar-refractivity contribution >= 4 is 11.9 Å². The van der Waals surface area contributed by atoms with Gasteiger partial charge in [0.1, 0.15) is 5.75 Å².